The zero-order valence-electron chi connectivity index (χ0n) is 11.1. The molecule has 3 nitrogen and oxygen atoms in total. The summed E-state index contributed by atoms with van der Waals surface area (Å²) in [4.78, 5) is 11.8. The van der Waals surface area contributed by atoms with Gasteiger partial charge in [-0.05, 0) is 42.0 Å². The van der Waals surface area contributed by atoms with E-state index in [9.17, 15) is 4.79 Å². The van der Waals surface area contributed by atoms with Crippen molar-refractivity contribution in [2.75, 3.05) is 7.11 Å². The van der Waals surface area contributed by atoms with Gasteiger partial charge in [0.25, 0.3) is 0 Å². The van der Waals surface area contributed by atoms with Gasteiger partial charge in [-0.15, -0.1) is 0 Å². The third kappa shape index (κ3) is 2.13. The summed E-state index contributed by atoms with van der Waals surface area (Å²) in [5, 5.41) is 1.18. The number of benzene rings is 1. The third-order valence-corrected chi connectivity index (χ3v) is 3.39. The largest absolute Gasteiger partial charge is 0.467 e. The Balaban J connectivity index is 2.48. The Morgan fingerprint density at radius 3 is 2.72 bits per heavy atom. The molecule has 1 atom stereocenters. The van der Waals surface area contributed by atoms with Crippen molar-refractivity contribution in [2.24, 2.45) is 0 Å². The molecular formula is C15H19NO2. The molecule has 0 aliphatic heterocycles. The highest BCUT2D eigenvalue weighted by Crippen LogP contribution is 2.24. The number of hydrogen-bond donors (Lipinski definition) is 0. The molecule has 3 heteroatoms. The van der Waals surface area contributed by atoms with Gasteiger partial charge in [0, 0.05) is 11.7 Å². The fraction of sp³-hybridized carbons (Fsp3) is 0.400. The van der Waals surface area contributed by atoms with Crippen molar-refractivity contribution in [2.45, 2.75) is 32.7 Å². The third-order valence-electron chi connectivity index (χ3n) is 3.39. The Morgan fingerprint density at radius 2 is 2.11 bits per heavy atom. The quantitative estimate of drug-likeness (QED) is 0.774. The molecular weight excluding hydrogens is 226 g/mol. The van der Waals surface area contributed by atoms with Crippen molar-refractivity contribution < 1.29 is 9.53 Å². The maximum Gasteiger partial charge on any atom is 0.328 e. The van der Waals surface area contributed by atoms with Crippen molar-refractivity contribution in [1.82, 2.24) is 4.57 Å². The first-order valence-corrected chi connectivity index (χ1v) is 6.38. The van der Waals surface area contributed by atoms with Crippen LogP contribution in [0.2, 0.25) is 0 Å². The van der Waals surface area contributed by atoms with Crippen molar-refractivity contribution in [1.29, 1.82) is 0 Å². The first-order valence-electron chi connectivity index (χ1n) is 6.38. The summed E-state index contributed by atoms with van der Waals surface area (Å²) in [6.07, 6.45) is 3.72. The second-order valence-electron chi connectivity index (χ2n) is 4.42. The summed E-state index contributed by atoms with van der Waals surface area (Å²) in [5.74, 6) is -0.186. The number of methoxy groups -OCH3 is 1. The van der Waals surface area contributed by atoms with Crippen LogP contribution in [0.4, 0.5) is 0 Å². The lowest BCUT2D eigenvalue weighted by Crippen LogP contribution is -2.19. The van der Waals surface area contributed by atoms with E-state index in [0.717, 1.165) is 18.4 Å². The van der Waals surface area contributed by atoms with Crippen LogP contribution >= 0.6 is 0 Å². The summed E-state index contributed by atoms with van der Waals surface area (Å²) in [5.41, 5.74) is 2.40. The molecule has 1 aromatic carbocycles. The molecule has 0 aliphatic carbocycles. The summed E-state index contributed by atoms with van der Waals surface area (Å²) in [7, 11) is 1.44. The fourth-order valence-corrected chi connectivity index (χ4v) is 2.32. The van der Waals surface area contributed by atoms with Crippen LogP contribution in [-0.4, -0.2) is 17.6 Å². The number of fused-ring (bicyclic) bond motifs is 1. The Bertz CT molecular complexity index is 557. The Morgan fingerprint density at radius 1 is 1.33 bits per heavy atom. The molecule has 1 heterocycles. The number of carbonyl (C=O) groups excluding carboxylic acids is 1. The van der Waals surface area contributed by atoms with Crippen LogP contribution in [-0.2, 0) is 16.0 Å². The predicted octanol–water partition coefficient (Wildman–Crippen LogP) is 3.33. The molecule has 0 fully saturated rings. The number of hydrogen-bond acceptors (Lipinski definition) is 2. The summed E-state index contributed by atoms with van der Waals surface area (Å²) < 4.78 is 6.86. The van der Waals surface area contributed by atoms with Crippen molar-refractivity contribution in [3.8, 4) is 0 Å². The van der Waals surface area contributed by atoms with E-state index < -0.39 is 0 Å². The molecule has 0 saturated heterocycles. The average molecular weight is 245 g/mol. The predicted molar refractivity (Wildman–Crippen MR) is 72.7 cm³/mol. The first kappa shape index (κ1) is 12.7. The molecule has 2 aromatic rings. The zero-order valence-corrected chi connectivity index (χ0v) is 11.1. The van der Waals surface area contributed by atoms with E-state index in [2.05, 4.69) is 31.2 Å². The lowest BCUT2D eigenvalue weighted by molar-refractivity contribution is -0.144. The Kier molecular flexibility index (Phi) is 3.70. The summed E-state index contributed by atoms with van der Waals surface area (Å²) in [6.45, 7) is 4.13. The summed E-state index contributed by atoms with van der Waals surface area (Å²) in [6, 6.07) is 8.19. The standard InChI is InChI=1S/C15H19NO2/c1-4-11-6-7-14-12(10-11)8-9-16(14)13(5-2)15(17)18-3/h6-10,13H,4-5H2,1-3H3. The van der Waals surface area contributed by atoms with Crippen LogP contribution in [0.15, 0.2) is 30.5 Å². The van der Waals surface area contributed by atoms with Gasteiger partial charge in [-0.2, -0.15) is 0 Å². The maximum atomic E-state index is 11.8. The molecule has 2 rings (SSSR count). The van der Waals surface area contributed by atoms with Gasteiger partial charge in [0.2, 0.25) is 0 Å². The van der Waals surface area contributed by atoms with E-state index >= 15 is 0 Å². The van der Waals surface area contributed by atoms with Crippen LogP contribution in [0.5, 0.6) is 0 Å². The number of esters is 1. The van der Waals surface area contributed by atoms with Crippen molar-refractivity contribution in [3.05, 3.63) is 36.0 Å². The van der Waals surface area contributed by atoms with Crippen molar-refractivity contribution >= 4 is 16.9 Å². The minimum Gasteiger partial charge on any atom is -0.467 e. The SMILES string of the molecule is CCc1ccc2c(ccn2C(CC)C(=O)OC)c1. The van der Waals surface area contributed by atoms with E-state index in [1.807, 2.05) is 17.7 Å². The van der Waals surface area contributed by atoms with Gasteiger partial charge >= 0.3 is 5.97 Å². The van der Waals surface area contributed by atoms with E-state index in [1.165, 1.54) is 18.1 Å². The highest BCUT2D eigenvalue weighted by atomic mass is 16.5. The molecule has 0 N–H and O–H groups in total. The van der Waals surface area contributed by atoms with Crippen LogP contribution in [0.3, 0.4) is 0 Å². The monoisotopic (exact) mass is 245 g/mol. The number of aromatic nitrogens is 1. The fourth-order valence-electron chi connectivity index (χ4n) is 2.32. The first-order chi connectivity index (χ1) is 8.71. The maximum absolute atomic E-state index is 11.8. The minimum absolute atomic E-state index is 0.186. The number of carbonyl (C=O) groups is 1. The zero-order chi connectivity index (χ0) is 13.1. The van der Waals surface area contributed by atoms with Crippen molar-refractivity contribution in [3.63, 3.8) is 0 Å². The van der Waals surface area contributed by atoms with Crippen LogP contribution in [0.1, 0.15) is 31.9 Å². The lowest BCUT2D eigenvalue weighted by Gasteiger charge is -2.15. The molecule has 0 amide bonds. The molecule has 0 saturated carbocycles. The molecule has 0 aliphatic rings. The van der Waals surface area contributed by atoms with E-state index in [-0.39, 0.29) is 12.0 Å². The van der Waals surface area contributed by atoms with Crippen LogP contribution in [0, 0.1) is 0 Å². The van der Waals surface area contributed by atoms with E-state index in [4.69, 9.17) is 4.74 Å². The number of ether oxygens (including phenoxy) is 1. The number of nitrogens with zero attached hydrogens (tertiary/aromatic N) is 1. The van der Waals surface area contributed by atoms with Gasteiger partial charge in [0.15, 0.2) is 0 Å². The highest BCUT2D eigenvalue weighted by Gasteiger charge is 2.20. The molecule has 96 valence electrons. The molecule has 0 radical (unpaired) electrons. The number of rotatable bonds is 4. The van der Waals surface area contributed by atoms with Gasteiger partial charge in [0.1, 0.15) is 6.04 Å². The molecule has 1 unspecified atom stereocenters. The second kappa shape index (κ2) is 5.25. The van der Waals surface area contributed by atoms with Gasteiger partial charge in [-0.25, -0.2) is 4.79 Å². The van der Waals surface area contributed by atoms with Gasteiger partial charge < -0.3 is 9.30 Å². The normalized spacial score (nSPS) is 12.6. The molecule has 18 heavy (non-hydrogen) atoms. The van der Waals surface area contributed by atoms with Crippen LogP contribution in [0.25, 0.3) is 10.9 Å². The van der Waals surface area contributed by atoms with E-state index in [0.29, 0.717) is 0 Å². The molecule has 0 spiro atoms. The second-order valence-corrected chi connectivity index (χ2v) is 4.42. The Labute approximate surface area is 107 Å². The smallest absolute Gasteiger partial charge is 0.328 e. The molecule has 0 bridgehead atoms. The van der Waals surface area contributed by atoms with Gasteiger partial charge in [-0.3, -0.25) is 0 Å². The highest BCUT2D eigenvalue weighted by molar-refractivity contribution is 5.84. The summed E-state index contributed by atoms with van der Waals surface area (Å²) >= 11 is 0. The van der Waals surface area contributed by atoms with E-state index in [1.54, 1.807) is 0 Å². The minimum atomic E-state index is -0.236. The molecule has 1 aromatic heterocycles. The van der Waals surface area contributed by atoms with Crippen LogP contribution < -0.4 is 0 Å². The average Bonchev–Trinajstić information content (AvgIpc) is 2.82. The Hall–Kier alpha value is -1.77. The van der Waals surface area contributed by atoms with Gasteiger partial charge in [0.05, 0.1) is 7.11 Å². The number of aryl methyl sites for hydroxylation is 1. The topological polar surface area (TPSA) is 31.2 Å². The van der Waals surface area contributed by atoms with Gasteiger partial charge in [-0.1, -0.05) is 19.9 Å². The lowest BCUT2D eigenvalue weighted by atomic mass is 10.1.